The number of halogens is 2. The zero-order valence-electron chi connectivity index (χ0n) is 10.6. The number of hydrogen-bond donors (Lipinski definition) is 1. The Kier molecular flexibility index (Phi) is 4.34. The van der Waals surface area contributed by atoms with Gasteiger partial charge < -0.3 is 5.32 Å². The van der Waals surface area contributed by atoms with Crippen molar-refractivity contribution in [2.75, 3.05) is 5.32 Å². The van der Waals surface area contributed by atoms with Crippen molar-refractivity contribution in [2.45, 2.75) is 13.0 Å². The van der Waals surface area contributed by atoms with E-state index in [1.807, 2.05) is 6.92 Å². The molecule has 2 aromatic carbocycles. The second kappa shape index (κ2) is 6.00. The summed E-state index contributed by atoms with van der Waals surface area (Å²) in [7, 11) is 0. The van der Waals surface area contributed by atoms with E-state index in [0.717, 1.165) is 5.56 Å². The second-order valence-corrected chi connectivity index (χ2v) is 5.26. The summed E-state index contributed by atoms with van der Waals surface area (Å²) in [6, 6.07) is 10.8. The SMILES string of the molecule is CC(Nc1ccc(Br)cc1F)c1cccc([N+](=O)[O-])c1. The molecule has 1 atom stereocenters. The van der Waals surface area contributed by atoms with Gasteiger partial charge in [-0.3, -0.25) is 10.1 Å². The molecule has 0 heterocycles. The molecule has 2 aromatic rings. The van der Waals surface area contributed by atoms with Crippen LogP contribution in [0.5, 0.6) is 0 Å². The second-order valence-electron chi connectivity index (χ2n) is 4.34. The normalized spacial score (nSPS) is 11.9. The lowest BCUT2D eigenvalue weighted by atomic mass is 10.1. The van der Waals surface area contributed by atoms with Crippen molar-refractivity contribution in [1.29, 1.82) is 0 Å². The molecule has 1 N–H and O–H groups in total. The first-order valence-electron chi connectivity index (χ1n) is 5.93. The molecule has 0 fully saturated rings. The maximum Gasteiger partial charge on any atom is 0.269 e. The molecule has 4 nitrogen and oxygen atoms in total. The van der Waals surface area contributed by atoms with Gasteiger partial charge in [0.15, 0.2) is 0 Å². The minimum atomic E-state index is -0.448. The number of nitro groups is 1. The number of non-ortho nitro benzene ring substituents is 1. The summed E-state index contributed by atoms with van der Waals surface area (Å²) in [5.41, 5.74) is 1.10. The van der Waals surface area contributed by atoms with Crippen molar-refractivity contribution in [3.63, 3.8) is 0 Å². The largest absolute Gasteiger partial charge is 0.376 e. The lowest BCUT2D eigenvalue weighted by Crippen LogP contribution is -2.08. The smallest absolute Gasteiger partial charge is 0.269 e. The van der Waals surface area contributed by atoms with Crippen LogP contribution in [0.2, 0.25) is 0 Å². The summed E-state index contributed by atoms with van der Waals surface area (Å²) in [5.74, 6) is -0.378. The molecule has 6 heteroatoms. The Hall–Kier alpha value is -1.95. The standard InChI is InChI=1S/C14H12BrFN2O2/c1-9(10-3-2-4-12(7-10)18(19)20)17-14-6-5-11(15)8-13(14)16/h2-9,17H,1H3. The van der Waals surface area contributed by atoms with Gasteiger partial charge in [-0.15, -0.1) is 0 Å². The molecular weight excluding hydrogens is 327 g/mol. The van der Waals surface area contributed by atoms with Crippen LogP contribution in [0.1, 0.15) is 18.5 Å². The van der Waals surface area contributed by atoms with Crippen LogP contribution in [-0.4, -0.2) is 4.92 Å². The molecule has 104 valence electrons. The van der Waals surface area contributed by atoms with Gasteiger partial charge in [-0.05, 0) is 30.7 Å². The summed E-state index contributed by atoms with van der Waals surface area (Å²) in [4.78, 5) is 10.3. The van der Waals surface area contributed by atoms with Crippen LogP contribution in [0.3, 0.4) is 0 Å². The molecular formula is C14H12BrFN2O2. The topological polar surface area (TPSA) is 55.2 Å². The molecule has 0 bridgehead atoms. The van der Waals surface area contributed by atoms with Gasteiger partial charge in [-0.2, -0.15) is 0 Å². The zero-order chi connectivity index (χ0) is 14.7. The van der Waals surface area contributed by atoms with Gasteiger partial charge in [-0.25, -0.2) is 4.39 Å². The highest BCUT2D eigenvalue weighted by Crippen LogP contribution is 2.25. The average molecular weight is 339 g/mol. The fourth-order valence-corrected chi connectivity index (χ4v) is 2.16. The molecule has 0 spiro atoms. The summed E-state index contributed by atoms with van der Waals surface area (Å²) in [6.45, 7) is 1.82. The Labute approximate surface area is 123 Å². The van der Waals surface area contributed by atoms with Crippen LogP contribution in [0.15, 0.2) is 46.9 Å². The molecule has 0 aliphatic rings. The van der Waals surface area contributed by atoms with E-state index in [-0.39, 0.29) is 17.5 Å². The van der Waals surface area contributed by atoms with Gasteiger partial charge >= 0.3 is 0 Å². The van der Waals surface area contributed by atoms with Crippen molar-refractivity contribution in [3.8, 4) is 0 Å². The quantitative estimate of drug-likeness (QED) is 0.651. The first-order chi connectivity index (χ1) is 9.47. The minimum Gasteiger partial charge on any atom is -0.376 e. The van der Waals surface area contributed by atoms with Crippen molar-refractivity contribution in [1.82, 2.24) is 0 Å². The molecule has 2 rings (SSSR count). The monoisotopic (exact) mass is 338 g/mol. The van der Waals surface area contributed by atoms with Gasteiger partial charge in [0.1, 0.15) is 5.82 Å². The van der Waals surface area contributed by atoms with E-state index in [0.29, 0.717) is 10.2 Å². The summed E-state index contributed by atoms with van der Waals surface area (Å²) in [6.07, 6.45) is 0. The summed E-state index contributed by atoms with van der Waals surface area (Å²) < 4.78 is 14.4. The van der Waals surface area contributed by atoms with E-state index in [1.54, 1.807) is 24.3 Å². The third-order valence-corrected chi connectivity index (χ3v) is 3.38. The van der Waals surface area contributed by atoms with Gasteiger partial charge in [0, 0.05) is 22.6 Å². The first kappa shape index (κ1) is 14.5. The van der Waals surface area contributed by atoms with Crippen molar-refractivity contribution in [2.24, 2.45) is 0 Å². The lowest BCUT2D eigenvalue weighted by molar-refractivity contribution is -0.384. The lowest BCUT2D eigenvalue weighted by Gasteiger charge is -2.16. The van der Waals surface area contributed by atoms with Gasteiger partial charge in [0.25, 0.3) is 5.69 Å². The maximum absolute atomic E-state index is 13.7. The third kappa shape index (κ3) is 3.33. The Bertz CT molecular complexity index is 649. The van der Waals surface area contributed by atoms with Crippen LogP contribution in [0, 0.1) is 15.9 Å². The molecule has 1 unspecified atom stereocenters. The number of anilines is 1. The van der Waals surface area contributed by atoms with Crippen molar-refractivity contribution >= 4 is 27.3 Å². The van der Waals surface area contributed by atoms with E-state index in [9.17, 15) is 14.5 Å². The van der Waals surface area contributed by atoms with Crippen LogP contribution in [0.25, 0.3) is 0 Å². The fourth-order valence-electron chi connectivity index (χ4n) is 1.83. The highest BCUT2D eigenvalue weighted by atomic mass is 79.9. The van der Waals surface area contributed by atoms with E-state index < -0.39 is 4.92 Å². The molecule has 0 aliphatic carbocycles. The molecule has 0 aliphatic heterocycles. The Morgan fingerprint density at radius 1 is 1.30 bits per heavy atom. The summed E-state index contributed by atoms with van der Waals surface area (Å²) in [5, 5.41) is 13.7. The summed E-state index contributed by atoms with van der Waals surface area (Å²) >= 11 is 3.19. The Morgan fingerprint density at radius 2 is 2.05 bits per heavy atom. The third-order valence-electron chi connectivity index (χ3n) is 2.88. The first-order valence-corrected chi connectivity index (χ1v) is 6.72. The predicted octanol–water partition coefficient (Wildman–Crippen LogP) is 4.67. The van der Waals surface area contributed by atoms with Crippen LogP contribution < -0.4 is 5.32 Å². The number of rotatable bonds is 4. The van der Waals surface area contributed by atoms with Gasteiger partial charge in [0.2, 0.25) is 0 Å². The average Bonchev–Trinajstić information content (AvgIpc) is 2.42. The fraction of sp³-hybridized carbons (Fsp3) is 0.143. The number of nitrogens with zero attached hydrogens (tertiary/aromatic N) is 1. The van der Waals surface area contributed by atoms with Crippen LogP contribution in [0.4, 0.5) is 15.8 Å². The highest BCUT2D eigenvalue weighted by Gasteiger charge is 2.12. The van der Waals surface area contributed by atoms with E-state index in [2.05, 4.69) is 21.2 Å². The number of hydrogen-bond acceptors (Lipinski definition) is 3. The van der Waals surface area contributed by atoms with E-state index >= 15 is 0 Å². The van der Waals surface area contributed by atoms with Crippen molar-refractivity contribution < 1.29 is 9.31 Å². The highest BCUT2D eigenvalue weighted by molar-refractivity contribution is 9.10. The predicted molar refractivity (Wildman–Crippen MR) is 79.2 cm³/mol. The molecule has 0 amide bonds. The molecule has 0 saturated heterocycles. The minimum absolute atomic E-state index is 0.0208. The van der Waals surface area contributed by atoms with Gasteiger partial charge in [-0.1, -0.05) is 28.1 Å². The van der Waals surface area contributed by atoms with E-state index in [4.69, 9.17) is 0 Å². The van der Waals surface area contributed by atoms with Crippen molar-refractivity contribution in [3.05, 3.63) is 68.4 Å². The Balaban J connectivity index is 2.21. The molecule has 0 radical (unpaired) electrons. The molecule has 20 heavy (non-hydrogen) atoms. The Morgan fingerprint density at radius 3 is 2.70 bits per heavy atom. The van der Waals surface area contributed by atoms with E-state index in [1.165, 1.54) is 18.2 Å². The molecule has 0 saturated carbocycles. The maximum atomic E-state index is 13.7. The van der Waals surface area contributed by atoms with Crippen LogP contribution in [-0.2, 0) is 0 Å². The number of nitrogens with one attached hydrogen (secondary N) is 1. The van der Waals surface area contributed by atoms with Gasteiger partial charge in [0.05, 0.1) is 10.6 Å². The number of nitro benzene ring substituents is 1. The molecule has 0 aromatic heterocycles. The van der Waals surface area contributed by atoms with Crippen LogP contribution >= 0.6 is 15.9 Å². The number of benzene rings is 2. The zero-order valence-corrected chi connectivity index (χ0v) is 12.2.